The van der Waals surface area contributed by atoms with Gasteiger partial charge >= 0.3 is 17.9 Å². The number of hydrogen-bond donors (Lipinski definition) is 28. The van der Waals surface area contributed by atoms with Gasteiger partial charge in [0.1, 0.15) is 90.8 Å². The molecule has 2 saturated heterocycles. The molecule has 2 heterocycles. The molecule has 0 unspecified atom stereocenters. The molecule has 0 saturated carbocycles. The molecule has 0 aliphatic carbocycles. The van der Waals surface area contributed by atoms with Gasteiger partial charge in [-0.2, -0.15) is 0 Å². The monoisotopic (exact) mass is 1770 g/mol. The first-order chi connectivity index (χ1) is 58.7. The molecule has 51 nitrogen and oxygen atoms in total. The van der Waals surface area contributed by atoms with Gasteiger partial charge in [-0.15, -0.1) is 0 Å². The number of carboxylic acids is 3. The fourth-order valence-electron chi connectivity index (χ4n) is 13.0. The number of unbranched alkanes of at least 4 members (excludes halogenated alkanes) is 1. The number of nitrogens with zero attached hydrogens (tertiary/aromatic N) is 2. The van der Waals surface area contributed by atoms with Gasteiger partial charge in [0.25, 0.3) is 0 Å². The maximum Gasteiger partial charge on any atom is 0.322 e. The molecule has 0 spiro atoms. The second-order valence-corrected chi connectivity index (χ2v) is 30.2. The van der Waals surface area contributed by atoms with Gasteiger partial charge in [0.15, 0.2) is 11.9 Å². The Kier molecular flexibility index (Phi) is 45.0. The number of carbonyl (C=O) groups is 21. The molecule has 2 aliphatic heterocycles. The number of phenolic OH excluding ortho intramolecular Hbond substituents is 1. The van der Waals surface area contributed by atoms with Crippen molar-refractivity contribution < 1.29 is 121 Å². The molecule has 0 aromatic heterocycles. The topological polar surface area (TPSA) is 856 Å². The Morgan fingerprint density at radius 2 is 0.824 bits per heavy atom. The number of carboxylic acid groups (broad SMARTS) is 3. The number of amides is 18. The standard InChI is InChI=1S/C74H118N26O25/c1-35(2)27-45(90-55(105)33-86-59(112)36(3)88-62(115)42(12-7-23-84-73(80)81)94-69(122)50-14-9-25-99(50)71(124)40(76)29-52(77)102)67(120)93-44(20-21-56(106)107)65(118)92-41(11-5-6-22-75)63(116)96-47(30-53(78)103)68(121)95-46(28-38-16-18-39(101)19-17-38)66(119)89-37(4)60(113)91-43(13-8-24-85-74(82)83)64(117)98-49(31-54(79)104)72(125)100-26-10-15-51(100)70(123)97-48(32-57(108)109)61(114)87-34-58(110)111/h16-19,35-37,40-51,101H,5-15,20-34,75-76H2,1-4H3,(H2,77,102)(H2,78,103)(H2,79,104)(H,86,112)(H,87,114)(H,88,115)(H,89,119)(H,90,105)(H,91,113)(H,92,118)(H,93,120)(H,94,122)(H,95,121)(H,96,116)(H,97,123)(H,98,117)(H,106,107)(H,108,109)(H,110,111)(H4,80,81,84)(H4,82,83,85)/t36-,37-,40-,41-,42-,43-,44-,45-,46-,47-,48-,49-,50-,51-/m0/s1. The van der Waals surface area contributed by atoms with E-state index < -0.39 is 273 Å². The van der Waals surface area contributed by atoms with Crippen LogP contribution in [0, 0.1) is 16.7 Å². The lowest BCUT2D eigenvalue weighted by atomic mass is 10.0. The highest BCUT2D eigenvalue weighted by Gasteiger charge is 2.43. The van der Waals surface area contributed by atoms with Gasteiger partial charge in [-0.25, -0.2) is 0 Å². The fraction of sp³-hybridized carbons (Fsp3) is 0.608. The molecule has 35 N–H and O–H groups in total. The van der Waals surface area contributed by atoms with Gasteiger partial charge in [0.2, 0.25) is 106 Å². The maximum atomic E-state index is 14.6. The molecule has 694 valence electrons. The van der Waals surface area contributed by atoms with E-state index in [-0.39, 0.29) is 127 Å². The molecular weight excluding hydrogens is 1650 g/mol. The number of rotatable bonds is 56. The number of primary amides is 3. The van der Waals surface area contributed by atoms with Crippen molar-refractivity contribution >= 4 is 136 Å². The molecule has 14 atom stereocenters. The minimum absolute atomic E-state index is 0.0473. The zero-order valence-electron chi connectivity index (χ0n) is 69.7. The highest BCUT2D eigenvalue weighted by molar-refractivity contribution is 6.02. The summed E-state index contributed by atoms with van der Waals surface area (Å²) in [5.74, 6) is -25.1. The van der Waals surface area contributed by atoms with Crippen LogP contribution in [0.4, 0.5) is 0 Å². The van der Waals surface area contributed by atoms with Crippen molar-refractivity contribution in [3.05, 3.63) is 29.8 Å². The van der Waals surface area contributed by atoms with E-state index in [4.69, 9.17) is 56.1 Å². The summed E-state index contributed by atoms with van der Waals surface area (Å²) < 4.78 is 0. The number of guanidine groups is 2. The average Bonchev–Trinajstić information content (AvgIpc) is 1.72. The van der Waals surface area contributed by atoms with Crippen molar-refractivity contribution in [2.45, 2.75) is 234 Å². The summed E-state index contributed by atoms with van der Waals surface area (Å²) in [5, 5.41) is 89.2. The summed E-state index contributed by atoms with van der Waals surface area (Å²) in [6.07, 6.45) is -5.24. The summed E-state index contributed by atoms with van der Waals surface area (Å²) in [4.78, 5) is 283. The van der Waals surface area contributed by atoms with Crippen LogP contribution in [0.3, 0.4) is 0 Å². The van der Waals surface area contributed by atoms with E-state index in [0.29, 0.717) is 6.42 Å². The number of phenols is 1. The molecule has 51 heteroatoms. The maximum absolute atomic E-state index is 14.6. The number of nitrogens with one attached hydrogen (secondary N) is 17. The van der Waals surface area contributed by atoms with Crippen LogP contribution >= 0.6 is 0 Å². The predicted molar refractivity (Wildman–Crippen MR) is 437 cm³/mol. The number of aliphatic carboxylic acids is 3. The lowest BCUT2D eigenvalue weighted by Gasteiger charge is -2.30. The molecule has 0 bridgehead atoms. The number of likely N-dealkylation sites (tertiary alicyclic amines) is 2. The van der Waals surface area contributed by atoms with E-state index in [1.54, 1.807) is 13.8 Å². The quantitative estimate of drug-likeness (QED) is 0.0164. The van der Waals surface area contributed by atoms with Gasteiger partial charge in [-0.3, -0.25) is 112 Å². The van der Waals surface area contributed by atoms with E-state index in [0.717, 1.165) is 11.8 Å². The van der Waals surface area contributed by atoms with Crippen LogP contribution in [0.2, 0.25) is 0 Å². The zero-order valence-corrected chi connectivity index (χ0v) is 69.7. The van der Waals surface area contributed by atoms with Gasteiger partial charge in [0.05, 0.1) is 38.3 Å². The number of nitrogens with two attached hydrogens (primary N) is 7. The van der Waals surface area contributed by atoms with Crippen molar-refractivity contribution in [1.29, 1.82) is 10.8 Å². The highest BCUT2D eigenvalue weighted by atomic mass is 16.4. The Hall–Kier alpha value is -13.6. The normalized spacial score (nSPS) is 16.2. The lowest BCUT2D eigenvalue weighted by molar-refractivity contribution is -0.144. The molecule has 1 aromatic carbocycles. The second kappa shape index (κ2) is 53.3. The van der Waals surface area contributed by atoms with Crippen LogP contribution < -0.4 is 120 Å². The second-order valence-electron chi connectivity index (χ2n) is 30.2. The van der Waals surface area contributed by atoms with E-state index in [9.17, 15) is 116 Å². The Morgan fingerprint density at radius 1 is 0.416 bits per heavy atom. The molecule has 1 aromatic rings. The summed E-state index contributed by atoms with van der Waals surface area (Å²) in [5.41, 5.74) is 39.1. The van der Waals surface area contributed by atoms with Crippen LogP contribution in [0.1, 0.15) is 149 Å². The summed E-state index contributed by atoms with van der Waals surface area (Å²) in [6.45, 7) is 3.83. The van der Waals surface area contributed by atoms with Crippen LogP contribution in [0.25, 0.3) is 0 Å². The smallest absolute Gasteiger partial charge is 0.322 e. The Labute approximate surface area is 716 Å². The molecule has 3 rings (SSSR count). The lowest BCUT2D eigenvalue weighted by Crippen LogP contribution is -2.61. The summed E-state index contributed by atoms with van der Waals surface area (Å²) in [7, 11) is 0. The van der Waals surface area contributed by atoms with E-state index in [2.05, 4.69) is 74.4 Å². The van der Waals surface area contributed by atoms with Crippen molar-refractivity contribution in [3.8, 4) is 5.75 Å². The first-order valence-electron chi connectivity index (χ1n) is 40.1. The molecular formula is C74H118N26O25. The van der Waals surface area contributed by atoms with Crippen molar-refractivity contribution in [1.82, 2.24) is 89.6 Å². The minimum atomic E-state index is -2.00. The van der Waals surface area contributed by atoms with Crippen LogP contribution in [0.5, 0.6) is 5.75 Å². The number of carbonyl (C=O) groups excluding carboxylic acids is 18. The predicted octanol–water partition coefficient (Wildman–Crippen LogP) is -11.4. The molecule has 125 heavy (non-hydrogen) atoms. The number of aromatic hydroxyl groups is 1. The molecule has 2 fully saturated rings. The van der Waals surface area contributed by atoms with Gasteiger partial charge < -0.3 is 150 Å². The number of benzene rings is 1. The first kappa shape index (κ1) is 106. The fourth-order valence-corrected chi connectivity index (χ4v) is 13.0. The van der Waals surface area contributed by atoms with Crippen LogP contribution in [-0.4, -0.2) is 297 Å². The number of hydrogen-bond acceptors (Lipinski definition) is 26. The van der Waals surface area contributed by atoms with E-state index in [1.165, 1.54) is 36.1 Å². The minimum Gasteiger partial charge on any atom is -0.508 e. The molecule has 18 amide bonds. The van der Waals surface area contributed by atoms with E-state index in [1.807, 2.05) is 5.32 Å². The van der Waals surface area contributed by atoms with Gasteiger partial charge in [-0.05, 0) is 127 Å². The first-order valence-corrected chi connectivity index (χ1v) is 40.1. The van der Waals surface area contributed by atoms with Gasteiger partial charge in [-0.1, -0.05) is 26.0 Å². The molecule has 2 aliphatic rings. The van der Waals surface area contributed by atoms with Gasteiger partial charge in [0, 0.05) is 39.0 Å². The SMILES string of the molecule is CC(C)C[C@H](NC(=O)CNC(=O)[C@H](C)NC(=O)[C@H](CCCNC(=N)N)NC(=O)[C@@H]1CCCN1C(=O)[C@@H](N)CC(N)=O)C(=O)N[C@@H](CCC(=O)O)C(=O)N[C@@H](CCCCN)C(=O)N[C@@H](CC(N)=O)C(=O)N[C@@H](Cc1ccc(O)cc1)C(=O)N[C@@H](C)C(=O)N[C@@H](CCCNC(=N)N)C(=O)N[C@@H](CC(N)=O)C(=O)N1CCC[C@H]1C(=O)N[C@@H](CC(=O)O)C(=O)NCC(=O)O. The third-order valence-electron chi connectivity index (χ3n) is 19.3. The van der Waals surface area contributed by atoms with Crippen molar-refractivity contribution in [2.24, 2.45) is 46.1 Å². The molecule has 0 radical (unpaired) electrons. The Balaban J connectivity index is 1.89. The zero-order chi connectivity index (χ0) is 94.1. The van der Waals surface area contributed by atoms with Crippen LogP contribution in [0.15, 0.2) is 24.3 Å². The van der Waals surface area contributed by atoms with Crippen LogP contribution in [-0.2, 0) is 107 Å². The summed E-state index contributed by atoms with van der Waals surface area (Å²) in [6, 6.07) is -17.4. The summed E-state index contributed by atoms with van der Waals surface area (Å²) >= 11 is 0. The van der Waals surface area contributed by atoms with Crippen molar-refractivity contribution in [2.75, 3.05) is 45.8 Å². The van der Waals surface area contributed by atoms with Crippen molar-refractivity contribution in [3.63, 3.8) is 0 Å². The van der Waals surface area contributed by atoms with E-state index >= 15 is 0 Å². The average molecular weight is 1770 g/mol. The largest absolute Gasteiger partial charge is 0.508 e. The Bertz CT molecular complexity index is 4060. The third kappa shape index (κ3) is 39.0. The third-order valence-corrected chi connectivity index (χ3v) is 19.3. The Morgan fingerprint density at radius 3 is 1.31 bits per heavy atom. The highest BCUT2D eigenvalue weighted by Crippen LogP contribution is 2.23.